The highest BCUT2D eigenvalue weighted by Crippen LogP contribution is 2.32. The average molecular weight is 266 g/mol. The maximum absolute atomic E-state index is 5.99. The first-order chi connectivity index (χ1) is 9.29. The minimum atomic E-state index is 0.562. The highest BCUT2D eigenvalue weighted by molar-refractivity contribution is 4.82. The summed E-state index contributed by atoms with van der Waals surface area (Å²) in [5.41, 5.74) is 0. The minimum absolute atomic E-state index is 0.562. The fourth-order valence-electron chi connectivity index (χ4n) is 4.16. The topological polar surface area (TPSA) is 24.5 Å². The maximum atomic E-state index is 5.99. The summed E-state index contributed by atoms with van der Waals surface area (Å²) in [7, 11) is 2.28. The van der Waals surface area contributed by atoms with Crippen LogP contribution < -0.4 is 5.32 Å². The van der Waals surface area contributed by atoms with Crippen LogP contribution in [0.1, 0.15) is 38.5 Å². The second kappa shape index (κ2) is 6.55. The number of hydrogen-bond acceptors (Lipinski definition) is 3. The van der Waals surface area contributed by atoms with Crippen LogP contribution in [-0.4, -0.2) is 50.8 Å². The Bertz CT molecular complexity index is 280. The summed E-state index contributed by atoms with van der Waals surface area (Å²) < 4.78 is 5.99. The SMILES string of the molecule is CN1CCCC(CC2CCOC(CC3CNC3)C2)C1. The predicted octanol–water partition coefficient (Wildman–Crippen LogP) is 2.12. The van der Waals surface area contributed by atoms with E-state index in [1.165, 1.54) is 64.7 Å². The molecule has 0 radical (unpaired) electrons. The molecule has 1 N–H and O–H groups in total. The molecule has 0 aliphatic carbocycles. The van der Waals surface area contributed by atoms with Crippen LogP contribution in [-0.2, 0) is 4.74 Å². The van der Waals surface area contributed by atoms with E-state index in [9.17, 15) is 0 Å². The third-order valence-corrected chi connectivity index (χ3v) is 5.33. The van der Waals surface area contributed by atoms with Gasteiger partial charge in [-0.15, -0.1) is 0 Å². The monoisotopic (exact) mass is 266 g/mol. The average Bonchev–Trinajstić information content (AvgIpc) is 2.34. The van der Waals surface area contributed by atoms with E-state index in [0.717, 1.165) is 24.4 Å². The molecule has 19 heavy (non-hydrogen) atoms. The Labute approximate surface area is 118 Å². The Morgan fingerprint density at radius 2 is 2.00 bits per heavy atom. The van der Waals surface area contributed by atoms with Crippen LogP contribution >= 0.6 is 0 Å². The molecule has 0 saturated carbocycles. The fraction of sp³-hybridized carbons (Fsp3) is 1.00. The molecule has 0 aromatic heterocycles. The number of nitrogens with one attached hydrogen (secondary N) is 1. The molecule has 0 aromatic carbocycles. The highest BCUT2D eigenvalue weighted by atomic mass is 16.5. The van der Waals surface area contributed by atoms with E-state index >= 15 is 0 Å². The first-order valence-electron chi connectivity index (χ1n) is 8.30. The third kappa shape index (κ3) is 3.93. The van der Waals surface area contributed by atoms with Gasteiger partial charge >= 0.3 is 0 Å². The Morgan fingerprint density at radius 1 is 1.11 bits per heavy atom. The van der Waals surface area contributed by atoms with Gasteiger partial charge in [0.1, 0.15) is 0 Å². The summed E-state index contributed by atoms with van der Waals surface area (Å²) in [6.07, 6.45) is 8.81. The lowest BCUT2D eigenvalue weighted by Gasteiger charge is -2.37. The quantitative estimate of drug-likeness (QED) is 0.843. The number of nitrogens with zero attached hydrogens (tertiary/aromatic N) is 1. The second-order valence-electron chi connectivity index (χ2n) is 7.15. The van der Waals surface area contributed by atoms with Crippen LogP contribution in [0.5, 0.6) is 0 Å². The van der Waals surface area contributed by atoms with E-state index < -0.39 is 0 Å². The van der Waals surface area contributed by atoms with Gasteiger partial charge in [0.15, 0.2) is 0 Å². The second-order valence-corrected chi connectivity index (χ2v) is 7.15. The summed E-state index contributed by atoms with van der Waals surface area (Å²) in [5, 5.41) is 3.37. The van der Waals surface area contributed by atoms with Crippen molar-refractivity contribution in [2.45, 2.75) is 44.6 Å². The van der Waals surface area contributed by atoms with Crippen molar-refractivity contribution in [2.75, 3.05) is 39.8 Å². The summed E-state index contributed by atoms with van der Waals surface area (Å²) in [5.74, 6) is 2.78. The van der Waals surface area contributed by atoms with Crippen LogP contribution in [0.3, 0.4) is 0 Å². The van der Waals surface area contributed by atoms with Gasteiger partial charge in [0, 0.05) is 13.2 Å². The molecule has 3 atom stereocenters. The van der Waals surface area contributed by atoms with Crippen molar-refractivity contribution in [1.29, 1.82) is 0 Å². The Balaban J connectivity index is 1.42. The molecule has 0 bridgehead atoms. The van der Waals surface area contributed by atoms with Crippen LogP contribution in [0, 0.1) is 17.8 Å². The number of rotatable bonds is 4. The number of likely N-dealkylation sites (tertiary alicyclic amines) is 1. The third-order valence-electron chi connectivity index (χ3n) is 5.33. The number of hydrogen-bond donors (Lipinski definition) is 1. The Kier molecular flexibility index (Phi) is 4.78. The van der Waals surface area contributed by atoms with Crippen LogP contribution in [0.2, 0.25) is 0 Å². The molecule has 3 heteroatoms. The standard InChI is InChI=1S/C16H30N2O/c1-18-5-2-3-14(12-18)7-13-4-6-19-16(8-13)9-15-10-17-11-15/h13-17H,2-12H2,1H3. The van der Waals surface area contributed by atoms with Crippen molar-refractivity contribution >= 4 is 0 Å². The zero-order chi connectivity index (χ0) is 13.1. The van der Waals surface area contributed by atoms with Crippen LogP contribution in [0.25, 0.3) is 0 Å². The van der Waals surface area contributed by atoms with Crippen molar-refractivity contribution in [1.82, 2.24) is 10.2 Å². The number of ether oxygens (including phenoxy) is 1. The molecule has 3 fully saturated rings. The van der Waals surface area contributed by atoms with Crippen molar-refractivity contribution in [3.63, 3.8) is 0 Å². The lowest BCUT2D eigenvalue weighted by Crippen LogP contribution is -2.44. The molecular formula is C16H30N2O. The summed E-state index contributed by atoms with van der Waals surface area (Å²) in [4.78, 5) is 2.52. The van der Waals surface area contributed by atoms with Gasteiger partial charge < -0.3 is 15.0 Å². The van der Waals surface area contributed by atoms with Crippen LogP contribution in [0.4, 0.5) is 0 Å². The summed E-state index contributed by atoms with van der Waals surface area (Å²) in [6, 6.07) is 0. The van der Waals surface area contributed by atoms with Gasteiger partial charge in [0.25, 0.3) is 0 Å². The largest absolute Gasteiger partial charge is 0.378 e. The molecule has 3 rings (SSSR count). The van der Waals surface area contributed by atoms with Gasteiger partial charge in [-0.25, -0.2) is 0 Å². The molecule has 3 unspecified atom stereocenters. The molecule has 3 nitrogen and oxygen atoms in total. The zero-order valence-corrected chi connectivity index (χ0v) is 12.4. The van der Waals surface area contributed by atoms with Crippen molar-refractivity contribution < 1.29 is 4.74 Å². The van der Waals surface area contributed by atoms with Gasteiger partial charge in [0.2, 0.25) is 0 Å². The van der Waals surface area contributed by atoms with Crippen LogP contribution in [0.15, 0.2) is 0 Å². The van der Waals surface area contributed by atoms with E-state index in [4.69, 9.17) is 4.74 Å². The molecular weight excluding hydrogens is 236 g/mol. The first-order valence-corrected chi connectivity index (χ1v) is 8.30. The first kappa shape index (κ1) is 13.8. The normalized spacial score (nSPS) is 38.1. The molecule has 3 aliphatic heterocycles. The predicted molar refractivity (Wildman–Crippen MR) is 78.3 cm³/mol. The van der Waals surface area contributed by atoms with E-state index in [2.05, 4.69) is 17.3 Å². The van der Waals surface area contributed by atoms with E-state index in [-0.39, 0.29) is 0 Å². The Hall–Kier alpha value is -0.120. The molecule has 0 aromatic rings. The Morgan fingerprint density at radius 3 is 2.74 bits per heavy atom. The minimum Gasteiger partial charge on any atom is -0.378 e. The molecule has 110 valence electrons. The van der Waals surface area contributed by atoms with Gasteiger partial charge in [-0.3, -0.25) is 0 Å². The summed E-state index contributed by atoms with van der Waals surface area (Å²) in [6.45, 7) is 6.09. The molecule has 3 aliphatic rings. The smallest absolute Gasteiger partial charge is 0.0581 e. The zero-order valence-electron chi connectivity index (χ0n) is 12.4. The van der Waals surface area contributed by atoms with Gasteiger partial charge in [-0.05, 0) is 83.0 Å². The number of piperidine rings is 1. The summed E-state index contributed by atoms with van der Waals surface area (Å²) >= 11 is 0. The molecule has 3 heterocycles. The lowest BCUT2D eigenvalue weighted by molar-refractivity contribution is -0.0314. The van der Waals surface area contributed by atoms with E-state index in [0.29, 0.717) is 6.10 Å². The van der Waals surface area contributed by atoms with Crippen molar-refractivity contribution in [3.8, 4) is 0 Å². The fourth-order valence-corrected chi connectivity index (χ4v) is 4.16. The van der Waals surface area contributed by atoms with E-state index in [1.54, 1.807) is 0 Å². The molecule has 0 spiro atoms. The van der Waals surface area contributed by atoms with Gasteiger partial charge in [-0.1, -0.05) is 0 Å². The highest BCUT2D eigenvalue weighted by Gasteiger charge is 2.29. The lowest BCUT2D eigenvalue weighted by atomic mass is 9.81. The maximum Gasteiger partial charge on any atom is 0.0581 e. The van der Waals surface area contributed by atoms with Crippen molar-refractivity contribution in [2.24, 2.45) is 17.8 Å². The van der Waals surface area contributed by atoms with Gasteiger partial charge in [0.05, 0.1) is 6.10 Å². The molecule has 0 amide bonds. The van der Waals surface area contributed by atoms with E-state index in [1.807, 2.05) is 0 Å². The molecule has 3 saturated heterocycles. The van der Waals surface area contributed by atoms with Crippen molar-refractivity contribution in [3.05, 3.63) is 0 Å². The van der Waals surface area contributed by atoms with Gasteiger partial charge in [-0.2, -0.15) is 0 Å².